The van der Waals surface area contributed by atoms with Crippen molar-refractivity contribution in [1.29, 1.82) is 0 Å². The fourth-order valence-corrected chi connectivity index (χ4v) is 1.72. The first-order chi connectivity index (χ1) is 5.54. The van der Waals surface area contributed by atoms with E-state index in [-0.39, 0.29) is 0 Å². The van der Waals surface area contributed by atoms with Gasteiger partial charge in [0.25, 0.3) is 0 Å². The van der Waals surface area contributed by atoms with Gasteiger partial charge in [-0.2, -0.15) is 0 Å². The first kappa shape index (κ1) is 12.2. The van der Waals surface area contributed by atoms with Gasteiger partial charge in [0.1, 0.15) is 0 Å². The van der Waals surface area contributed by atoms with E-state index < -0.39 is 0 Å². The molecular formula is C11H21Br. The molecule has 0 radical (unpaired) electrons. The van der Waals surface area contributed by atoms with Crippen LogP contribution in [0.5, 0.6) is 0 Å². The molecule has 0 saturated carbocycles. The average Bonchev–Trinajstić information content (AvgIpc) is 2.03. The van der Waals surface area contributed by atoms with E-state index in [2.05, 4.69) is 49.7 Å². The summed E-state index contributed by atoms with van der Waals surface area (Å²) in [6.45, 7) is 8.94. The van der Waals surface area contributed by atoms with Crippen molar-refractivity contribution in [3.63, 3.8) is 0 Å². The third-order valence-electron chi connectivity index (χ3n) is 2.48. The molecule has 0 aliphatic rings. The van der Waals surface area contributed by atoms with Gasteiger partial charge < -0.3 is 0 Å². The summed E-state index contributed by atoms with van der Waals surface area (Å²) >= 11 is 3.58. The average molecular weight is 233 g/mol. The van der Waals surface area contributed by atoms with Crippen molar-refractivity contribution in [1.82, 2.24) is 0 Å². The molecule has 0 aromatic carbocycles. The van der Waals surface area contributed by atoms with Crippen LogP contribution < -0.4 is 0 Å². The second-order valence-corrected chi connectivity index (χ2v) is 4.68. The van der Waals surface area contributed by atoms with Crippen molar-refractivity contribution < 1.29 is 0 Å². The molecule has 0 aromatic rings. The van der Waals surface area contributed by atoms with E-state index in [1.165, 1.54) is 24.8 Å². The Kier molecular flexibility index (Phi) is 5.90. The topological polar surface area (TPSA) is 0 Å². The Morgan fingerprint density at radius 1 is 1.42 bits per heavy atom. The van der Waals surface area contributed by atoms with Gasteiger partial charge in [-0.05, 0) is 38.5 Å². The lowest BCUT2D eigenvalue weighted by atomic mass is 9.85. The SMILES string of the molecule is CCC(C)(CBr)CCC=C(C)C. The van der Waals surface area contributed by atoms with Gasteiger partial charge in [-0.3, -0.25) is 0 Å². The highest BCUT2D eigenvalue weighted by Gasteiger charge is 2.18. The number of hydrogen-bond acceptors (Lipinski definition) is 0. The van der Waals surface area contributed by atoms with Crippen LogP contribution in [-0.4, -0.2) is 5.33 Å². The van der Waals surface area contributed by atoms with Crippen LogP contribution in [0.25, 0.3) is 0 Å². The van der Waals surface area contributed by atoms with Gasteiger partial charge in [0.2, 0.25) is 0 Å². The van der Waals surface area contributed by atoms with Crippen molar-refractivity contribution in [2.24, 2.45) is 5.41 Å². The van der Waals surface area contributed by atoms with Crippen LogP contribution in [0.1, 0.15) is 47.0 Å². The van der Waals surface area contributed by atoms with Gasteiger partial charge in [0.15, 0.2) is 0 Å². The molecule has 72 valence electrons. The van der Waals surface area contributed by atoms with Crippen LogP contribution in [-0.2, 0) is 0 Å². The molecule has 0 N–H and O–H groups in total. The number of alkyl halides is 1. The molecule has 0 aromatic heterocycles. The highest BCUT2D eigenvalue weighted by molar-refractivity contribution is 9.09. The van der Waals surface area contributed by atoms with Gasteiger partial charge >= 0.3 is 0 Å². The summed E-state index contributed by atoms with van der Waals surface area (Å²) in [6, 6.07) is 0. The van der Waals surface area contributed by atoms with E-state index in [4.69, 9.17) is 0 Å². The molecular weight excluding hydrogens is 212 g/mol. The molecule has 0 amide bonds. The zero-order chi connectivity index (χ0) is 9.61. The molecule has 0 aliphatic carbocycles. The third-order valence-corrected chi connectivity index (χ3v) is 3.83. The predicted molar refractivity (Wildman–Crippen MR) is 60.9 cm³/mol. The summed E-state index contributed by atoms with van der Waals surface area (Å²) in [5.74, 6) is 0. The van der Waals surface area contributed by atoms with Crippen molar-refractivity contribution in [2.75, 3.05) is 5.33 Å². The Bertz CT molecular complexity index is 139. The Morgan fingerprint density at radius 3 is 2.33 bits per heavy atom. The molecule has 1 heteroatoms. The quantitative estimate of drug-likeness (QED) is 0.483. The first-order valence-corrected chi connectivity index (χ1v) is 5.85. The van der Waals surface area contributed by atoms with Crippen LogP contribution in [0, 0.1) is 5.41 Å². The minimum Gasteiger partial charge on any atom is -0.0922 e. The predicted octanol–water partition coefficient (Wildman–Crippen LogP) is 4.54. The van der Waals surface area contributed by atoms with E-state index >= 15 is 0 Å². The largest absolute Gasteiger partial charge is 0.0922 e. The second-order valence-electron chi connectivity index (χ2n) is 4.12. The first-order valence-electron chi connectivity index (χ1n) is 4.73. The van der Waals surface area contributed by atoms with Gasteiger partial charge in [-0.1, -0.05) is 41.4 Å². The molecule has 0 spiro atoms. The lowest BCUT2D eigenvalue weighted by Crippen LogP contribution is -2.16. The lowest BCUT2D eigenvalue weighted by molar-refractivity contribution is 0.336. The van der Waals surface area contributed by atoms with Crippen LogP contribution in [0.4, 0.5) is 0 Å². The molecule has 0 heterocycles. The molecule has 12 heavy (non-hydrogen) atoms. The van der Waals surface area contributed by atoms with E-state index in [0.717, 1.165) is 5.33 Å². The summed E-state index contributed by atoms with van der Waals surface area (Å²) in [5, 5.41) is 1.12. The monoisotopic (exact) mass is 232 g/mol. The smallest absolute Gasteiger partial charge is 0.00853 e. The molecule has 0 nitrogen and oxygen atoms in total. The maximum atomic E-state index is 3.58. The van der Waals surface area contributed by atoms with E-state index in [0.29, 0.717) is 5.41 Å². The van der Waals surface area contributed by atoms with Crippen LogP contribution in [0.15, 0.2) is 11.6 Å². The molecule has 1 atom stereocenters. The van der Waals surface area contributed by atoms with Crippen LogP contribution in [0.3, 0.4) is 0 Å². The molecule has 0 fully saturated rings. The third kappa shape index (κ3) is 4.97. The molecule has 0 saturated heterocycles. The maximum absolute atomic E-state index is 3.58. The molecule has 1 unspecified atom stereocenters. The van der Waals surface area contributed by atoms with Crippen LogP contribution >= 0.6 is 15.9 Å². The van der Waals surface area contributed by atoms with Crippen molar-refractivity contribution >= 4 is 15.9 Å². The molecule has 0 aliphatic heterocycles. The van der Waals surface area contributed by atoms with Gasteiger partial charge in [0, 0.05) is 5.33 Å². The second kappa shape index (κ2) is 5.80. The zero-order valence-corrected chi connectivity index (χ0v) is 10.4. The van der Waals surface area contributed by atoms with Gasteiger partial charge in [0.05, 0.1) is 0 Å². The van der Waals surface area contributed by atoms with Gasteiger partial charge in [-0.15, -0.1) is 0 Å². The van der Waals surface area contributed by atoms with Crippen molar-refractivity contribution in [2.45, 2.75) is 47.0 Å². The van der Waals surface area contributed by atoms with Crippen LogP contribution in [0.2, 0.25) is 0 Å². The van der Waals surface area contributed by atoms with E-state index in [1.54, 1.807) is 0 Å². The highest BCUT2D eigenvalue weighted by atomic mass is 79.9. The summed E-state index contributed by atoms with van der Waals surface area (Å²) in [7, 11) is 0. The Morgan fingerprint density at radius 2 is 2.00 bits per heavy atom. The number of halogens is 1. The lowest BCUT2D eigenvalue weighted by Gasteiger charge is -2.24. The number of rotatable bonds is 5. The minimum absolute atomic E-state index is 0.492. The standard InChI is InChI=1S/C11H21Br/c1-5-11(4,9-12)8-6-7-10(2)3/h7H,5-6,8-9H2,1-4H3. The number of allylic oxidation sites excluding steroid dienone is 2. The fourth-order valence-electron chi connectivity index (χ4n) is 1.05. The Labute approximate surface area is 85.6 Å². The summed E-state index contributed by atoms with van der Waals surface area (Å²) < 4.78 is 0. The Hall–Kier alpha value is 0.220. The normalized spacial score (nSPS) is 15.4. The van der Waals surface area contributed by atoms with E-state index in [1.807, 2.05) is 0 Å². The molecule has 0 bridgehead atoms. The van der Waals surface area contributed by atoms with Crippen molar-refractivity contribution in [3.05, 3.63) is 11.6 Å². The summed E-state index contributed by atoms with van der Waals surface area (Å²) in [5.41, 5.74) is 1.93. The van der Waals surface area contributed by atoms with E-state index in [9.17, 15) is 0 Å². The molecule has 0 rings (SSSR count). The summed E-state index contributed by atoms with van der Waals surface area (Å²) in [6.07, 6.45) is 6.10. The Balaban J connectivity index is 3.81. The minimum atomic E-state index is 0.492. The zero-order valence-electron chi connectivity index (χ0n) is 8.78. The fraction of sp³-hybridized carbons (Fsp3) is 0.818. The van der Waals surface area contributed by atoms with Gasteiger partial charge in [-0.25, -0.2) is 0 Å². The number of hydrogen-bond donors (Lipinski definition) is 0. The summed E-state index contributed by atoms with van der Waals surface area (Å²) in [4.78, 5) is 0. The van der Waals surface area contributed by atoms with Crippen molar-refractivity contribution in [3.8, 4) is 0 Å². The maximum Gasteiger partial charge on any atom is 0.00853 e. The highest BCUT2D eigenvalue weighted by Crippen LogP contribution is 2.29.